The highest BCUT2D eigenvalue weighted by Crippen LogP contribution is 2.25. The average Bonchev–Trinajstić information content (AvgIpc) is 2.45. The molecule has 8 nitrogen and oxygen atoms in total. The molecule has 0 heterocycles. The van der Waals surface area contributed by atoms with Gasteiger partial charge in [0.15, 0.2) is 5.78 Å². The van der Waals surface area contributed by atoms with E-state index in [9.17, 15) is 24.8 Å². The van der Waals surface area contributed by atoms with Gasteiger partial charge in [0.2, 0.25) is 0 Å². The molecule has 1 aromatic carbocycles. The fourth-order valence-corrected chi connectivity index (χ4v) is 1.53. The Labute approximate surface area is 126 Å². The van der Waals surface area contributed by atoms with Crippen LogP contribution in [0.5, 0.6) is 5.75 Å². The maximum Gasteiger partial charge on any atom is 0.341 e. The van der Waals surface area contributed by atoms with Crippen molar-refractivity contribution in [1.82, 2.24) is 0 Å². The van der Waals surface area contributed by atoms with Crippen molar-refractivity contribution in [3.63, 3.8) is 0 Å². The predicted octanol–water partition coefficient (Wildman–Crippen LogP) is 0.830. The van der Waals surface area contributed by atoms with Crippen LogP contribution < -0.4 is 5.11 Å². The minimum atomic E-state index is -0.863. The van der Waals surface area contributed by atoms with E-state index in [1.807, 2.05) is 0 Å². The summed E-state index contributed by atoms with van der Waals surface area (Å²) >= 11 is 0. The van der Waals surface area contributed by atoms with Crippen molar-refractivity contribution < 1.29 is 29.1 Å². The first kappa shape index (κ1) is 17.3. The first-order valence-electron chi connectivity index (χ1n) is 6.21. The van der Waals surface area contributed by atoms with Crippen molar-refractivity contribution in [2.75, 3.05) is 20.3 Å². The van der Waals surface area contributed by atoms with Gasteiger partial charge < -0.3 is 14.6 Å². The number of rotatable bonds is 7. The summed E-state index contributed by atoms with van der Waals surface area (Å²) in [5.41, 5.74) is -0.728. The van der Waals surface area contributed by atoms with Crippen molar-refractivity contribution in [3.05, 3.63) is 39.4 Å². The van der Waals surface area contributed by atoms with Crippen LogP contribution in [0.1, 0.15) is 12.5 Å². The van der Waals surface area contributed by atoms with Gasteiger partial charge in [-0.3, -0.25) is 14.9 Å². The Morgan fingerprint density at radius 3 is 2.55 bits per heavy atom. The molecule has 0 N–H and O–H groups in total. The molecule has 0 radical (unpaired) electrons. The maximum atomic E-state index is 11.8. The van der Waals surface area contributed by atoms with Crippen molar-refractivity contribution in [3.8, 4) is 5.75 Å². The number of hydrogen-bond donors (Lipinski definition) is 0. The Kier molecular flexibility index (Phi) is 6.21. The van der Waals surface area contributed by atoms with Crippen LogP contribution in [0.15, 0.2) is 23.8 Å². The van der Waals surface area contributed by atoms with Gasteiger partial charge in [0.25, 0.3) is 5.69 Å². The molecule has 0 saturated heterocycles. The number of carbonyl (C=O) groups excluding carboxylic acids is 2. The van der Waals surface area contributed by atoms with E-state index >= 15 is 0 Å². The first-order chi connectivity index (χ1) is 10.4. The third-order valence-corrected chi connectivity index (χ3v) is 2.61. The quantitative estimate of drug-likeness (QED) is 0.139. The zero-order valence-corrected chi connectivity index (χ0v) is 12.0. The topological polar surface area (TPSA) is 119 Å². The number of esters is 1. The van der Waals surface area contributed by atoms with Crippen LogP contribution in [0.3, 0.4) is 0 Å². The molecule has 8 heteroatoms. The molecular weight excluding hydrogens is 294 g/mol. The average molecular weight is 308 g/mol. The second-order valence-electron chi connectivity index (χ2n) is 4.23. The summed E-state index contributed by atoms with van der Waals surface area (Å²) in [5.74, 6) is -2.18. The Morgan fingerprint density at radius 2 is 2.00 bits per heavy atom. The molecule has 0 fully saturated rings. The standard InChI is InChI=1S/C14H15NO7/c1-9(16)11(14(18)22-6-5-21-2)7-10-3-4-13(17)12(8-10)15(19)20/h3-4,7-8,17H,5-6H2,1-2H3/p-1/b11-7+. The van der Waals surface area contributed by atoms with Crippen LogP contribution in [-0.2, 0) is 19.1 Å². The summed E-state index contributed by atoms with van der Waals surface area (Å²) < 4.78 is 9.55. The number of nitro benzene ring substituents is 1. The third kappa shape index (κ3) is 4.67. The molecule has 1 aromatic rings. The zero-order valence-electron chi connectivity index (χ0n) is 12.0. The Hall–Kier alpha value is -2.74. The summed E-state index contributed by atoms with van der Waals surface area (Å²) in [4.78, 5) is 33.2. The largest absolute Gasteiger partial charge is 0.868 e. The second-order valence-corrected chi connectivity index (χ2v) is 4.23. The summed E-state index contributed by atoms with van der Waals surface area (Å²) in [7, 11) is 1.43. The highest BCUT2D eigenvalue weighted by molar-refractivity contribution is 6.19. The smallest absolute Gasteiger partial charge is 0.341 e. The minimum Gasteiger partial charge on any atom is -0.868 e. The highest BCUT2D eigenvalue weighted by atomic mass is 16.6. The number of benzene rings is 1. The number of methoxy groups -OCH3 is 1. The van der Waals surface area contributed by atoms with Gasteiger partial charge in [0.05, 0.1) is 11.5 Å². The van der Waals surface area contributed by atoms with Crippen LogP contribution in [0.25, 0.3) is 6.08 Å². The van der Waals surface area contributed by atoms with E-state index in [1.165, 1.54) is 20.1 Å². The number of nitrogens with zero attached hydrogens (tertiary/aromatic N) is 1. The molecule has 0 bridgehead atoms. The number of carbonyl (C=O) groups is 2. The van der Waals surface area contributed by atoms with Crippen LogP contribution in [-0.4, -0.2) is 37.0 Å². The van der Waals surface area contributed by atoms with Gasteiger partial charge in [0.1, 0.15) is 12.2 Å². The number of hydrogen-bond acceptors (Lipinski definition) is 7. The molecule has 0 aliphatic rings. The first-order valence-corrected chi connectivity index (χ1v) is 6.21. The number of ether oxygens (including phenoxy) is 2. The molecule has 0 aliphatic heterocycles. The third-order valence-electron chi connectivity index (χ3n) is 2.61. The lowest BCUT2D eigenvalue weighted by molar-refractivity contribution is -0.398. The van der Waals surface area contributed by atoms with E-state index in [1.54, 1.807) is 0 Å². The van der Waals surface area contributed by atoms with Crippen LogP contribution in [0, 0.1) is 10.1 Å². The van der Waals surface area contributed by atoms with E-state index in [0.717, 1.165) is 18.2 Å². The summed E-state index contributed by atoms with van der Waals surface area (Å²) in [6.07, 6.45) is 1.14. The van der Waals surface area contributed by atoms with E-state index in [0.29, 0.717) is 0 Å². The van der Waals surface area contributed by atoms with Crippen LogP contribution >= 0.6 is 0 Å². The molecule has 0 amide bonds. The minimum absolute atomic E-state index is 0.0282. The Morgan fingerprint density at radius 1 is 1.32 bits per heavy atom. The zero-order chi connectivity index (χ0) is 16.7. The summed E-state index contributed by atoms with van der Waals surface area (Å²) in [6.45, 7) is 1.31. The van der Waals surface area contributed by atoms with E-state index < -0.39 is 28.1 Å². The Bertz CT molecular complexity index is 622. The number of nitro groups is 1. The molecule has 0 unspecified atom stereocenters. The molecule has 1 rings (SSSR count). The fourth-order valence-electron chi connectivity index (χ4n) is 1.53. The van der Waals surface area contributed by atoms with E-state index in [-0.39, 0.29) is 24.4 Å². The monoisotopic (exact) mass is 308 g/mol. The van der Waals surface area contributed by atoms with Gasteiger partial charge in [-0.2, -0.15) is 0 Å². The summed E-state index contributed by atoms with van der Waals surface area (Å²) in [6, 6.07) is 3.27. The molecule has 0 aliphatic carbocycles. The summed E-state index contributed by atoms with van der Waals surface area (Å²) in [5, 5.41) is 22.0. The lowest BCUT2D eigenvalue weighted by Gasteiger charge is -2.08. The van der Waals surface area contributed by atoms with Crippen molar-refractivity contribution in [2.45, 2.75) is 6.92 Å². The molecule has 0 aromatic heterocycles. The van der Waals surface area contributed by atoms with Crippen molar-refractivity contribution in [1.29, 1.82) is 0 Å². The number of ketones is 1. The molecule has 0 spiro atoms. The molecule has 0 atom stereocenters. The normalized spacial score (nSPS) is 11.1. The highest BCUT2D eigenvalue weighted by Gasteiger charge is 2.17. The van der Waals surface area contributed by atoms with Gasteiger partial charge in [-0.05, 0) is 24.3 Å². The predicted molar refractivity (Wildman–Crippen MR) is 74.0 cm³/mol. The van der Waals surface area contributed by atoms with Crippen molar-refractivity contribution >= 4 is 23.5 Å². The van der Waals surface area contributed by atoms with Gasteiger partial charge in [0, 0.05) is 13.2 Å². The van der Waals surface area contributed by atoms with Crippen LogP contribution in [0.4, 0.5) is 5.69 Å². The van der Waals surface area contributed by atoms with Crippen LogP contribution in [0.2, 0.25) is 0 Å². The van der Waals surface area contributed by atoms with E-state index in [2.05, 4.69) is 0 Å². The van der Waals surface area contributed by atoms with Gasteiger partial charge in [-0.25, -0.2) is 4.79 Å². The molecule has 0 saturated carbocycles. The number of Topliss-reactive ketones (excluding diaryl/α,β-unsaturated/α-hetero) is 1. The lowest BCUT2D eigenvalue weighted by Crippen LogP contribution is -2.16. The second kappa shape index (κ2) is 7.89. The SMILES string of the molecule is COCCOC(=O)/C(=C/c1ccc([O-])c([N+](=O)[O-])c1)C(C)=O. The fraction of sp³-hybridized carbons (Fsp3) is 0.286. The maximum absolute atomic E-state index is 11.8. The van der Waals surface area contributed by atoms with Crippen molar-refractivity contribution in [2.24, 2.45) is 0 Å². The van der Waals surface area contributed by atoms with Gasteiger partial charge in [-0.1, -0.05) is 12.1 Å². The lowest BCUT2D eigenvalue weighted by atomic mass is 10.1. The van der Waals surface area contributed by atoms with Gasteiger partial charge in [-0.15, -0.1) is 0 Å². The Balaban J connectivity index is 3.08. The molecule has 22 heavy (non-hydrogen) atoms. The van der Waals surface area contributed by atoms with Gasteiger partial charge >= 0.3 is 5.97 Å². The van der Waals surface area contributed by atoms with E-state index in [4.69, 9.17) is 9.47 Å². The molecule has 118 valence electrons. The molecular formula is C14H14NO7-.